The van der Waals surface area contributed by atoms with Crippen LogP contribution >= 0.6 is 23.2 Å². The van der Waals surface area contributed by atoms with Gasteiger partial charge >= 0.3 is 0 Å². The lowest BCUT2D eigenvalue weighted by Crippen LogP contribution is -1.97. The first kappa shape index (κ1) is 16.9. The molecule has 1 aromatic carbocycles. The normalized spacial score (nSPS) is 11.0. The van der Waals surface area contributed by atoms with Crippen LogP contribution < -0.4 is 4.74 Å². The summed E-state index contributed by atoms with van der Waals surface area (Å²) in [4.78, 5) is 22.2. The SMILES string of the molecule is COOCc1cc(-c2ccc3c(Cl)nc(Cl)nc3n2)ccc1OC. The molecule has 0 aliphatic heterocycles. The molecule has 0 saturated carbocycles. The molecule has 0 unspecified atom stereocenters. The Hall–Kier alpha value is -1.99. The number of pyridine rings is 1. The Labute approximate surface area is 148 Å². The van der Waals surface area contributed by atoms with Crippen LogP contribution in [0.3, 0.4) is 0 Å². The van der Waals surface area contributed by atoms with Crippen molar-refractivity contribution in [3.8, 4) is 17.0 Å². The molecule has 0 bridgehead atoms. The maximum absolute atomic E-state index is 6.06. The number of halogens is 2. The number of rotatable bonds is 5. The summed E-state index contributed by atoms with van der Waals surface area (Å²) in [5.41, 5.74) is 2.86. The molecular weight excluding hydrogens is 353 g/mol. The summed E-state index contributed by atoms with van der Waals surface area (Å²) in [5, 5.41) is 0.968. The summed E-state index contributed by atoms with van der Waals surface area (Å²) in [6, 6.07) is 9.31. The van der Waals surface area contributed by atoms with Gasteiger partial charge in [-0.15, -0.1) is 0 Å². The minimum Gasteiger partial charge on any atom is -0.496 e. The fourth-order valence-corrected chi connectivity index (χ4v) is 2.72. The minimum absolute atomic E-state index is 0.0565. The summed E-state index contributed by atoms with van der Waals surface area (Å²) >= 11 is 11.9. The van der Waals surface area contributed by atoms with E-state index in [1.54, 1.807) is 7.11 Å². The second kappa shape index (κ2) is 7.27. The lowest BCUT2D eigenvalue weighted by atomic mass is 10.1. The number of methoxy groups -OCH3 is 1. The van der Waals surface area contributed by atoms with Gasteiger partial charge in [0.25, 0.3) is 0 Å². The van der Waals surface area contributed by atoms with E-state index in [0.29, 0.717) is 16.8 Å². The van der Waals surface area contributed by atoms with Crippen LogP contribution in [0.4, 0.5) is 0 Å². The molecule has 124 valence electrons. The molecule has 0 amide bonds. The van der Waals surface area contributed by atoms with E-state index in [0.717, 1.165) is 16.8 Å². The second-order valence-corrected chi connectivity index (χ2v) is 5.50. The first-order valence-corrected chi connectivity index (χ1v) is 7.70. The van der Waals surface area contributed by atoms with Crippen LogP contribution in [-0.2, 0) is 16.4 Å². The molecule has 6 nitrogen and oxygen atoms in total. The Bertz CT molecular complexity index is 890. The van der Waals surface area contributed by atoms with Crippen molar-refractivity contribution in [2.45, 2.75) is 6.61 Å². The van der Waals surface area contributed by atoms with Gasteiger partial charge in [0.15, 0.2) is 5.65 Å². The van der Waals surface area contributed by atoms with Crippen molar-refractivity contribution in [3.63, 3.8) is 0 Å². The van der Waals surface area contributed by atoms with Gasteiger partial charge in [0.1, 0.15) is 17.5 Å². The van der Waals surface area contributed by atoms with Crippen LogP contribution in [0.5, 0.6) is 5.75 Å². The summed E-state index contributed by atoms with van der Waals surface area (Å²) in [5.74, 6) is 0.699. The van der Waals surface area contributed by atoms with Crippen LogP contribution in [0, 0.1) is 0 Å². The van der Waals surface area contributed by atoms with Crippen molar-refractivity contribution >= 4 is 34.2 Å². The Morgan fingerprint density at radius 1 is 1.00 bits per heavy atom. The number of aromatic nitrogens is 3. The zero-order valence-electron chi connectivity index (χ0n) is 12.9. The van der Waals surface area contributed by atoms with Gasteiger partial charge in [-0.25, -0.2) is 19.7 Å². The highest BCUT2D eigenvalue weighted by atomic mass is 35.5. The van der Waals surface area contributed by atoms with E-state index >= 15 is 0 Å². The molecule has 24 heavy (non-hydrogen) atoms. The predicted octanol–water partition coefficient (Wildman–Crippen LogP) is 4.09. The maximum Gasteiger partial charge on any atom is 0.225 e. The highest BCUT2D eigenvalue weighted by molar-refractivity contribution is 6.35. The van der Waals surface area contributed by atoms with Gasteiger partial charge in [-0.3, -0.25) is 0 Å². The van der Waals surface area contributed by atoms with Gasteiger partial charge in [0.05, 0.1) is 25.3 Å². The molecule has 0 saturated heterocycles. The first-order valence-electron chi connectivity index (χ1n) is 6.95. The molecule has 0 radical (unpaired) electrons. The molecule has 0 fully saturated rings. The molecule has 8 heteroatoms. The standard InChI is InChI=1S/C16H13Cl2N3O3/c1-22-13-6-3-9(7-10(13)8-24-23-2)12-5-4-11-14(17)20-16(18)21-15(11)19-12/h3-7H,8H2,1-2H3. The highest BCUT2D eigenvalue weighted by Crippen LogP contribution is 2.28. The molecule has 0 atom stereocenters. The maximum atomic E-state index is 6.06. The summed E-state index contributed by atoms with van der Waals surface area (Å²) in [6.07, 6.45) is 0. The molecule has 0 aliphatic carbocycles. The van der Waals surface area contributed by atoms with E-state index in [2.05, 4.69) is 19.8 Å². The van der Waals surface area contributed by atoms with Gasteiger partial charge in [0.2, 0.25) is 5.28 Å². The van der Waals surface area contributed by atoms with E-state index < -0.39 is 0 Å². The van der Waals surface area contributed by atoms with Crippen LogP contribution in [0.1, 0.15) is 5.56 Å². The van der Waals surface area contributed by atoms with E-state index in [1.165, 1.54) is 7.11 Å². The van der Waals surface area contributed by atoms with E-state index in [-0.39, 0.29) is 17.0 Å². The third-order valence-electron chi connectivity index (χ3n) is 3.39. The molecule has 0 aliphatic rings. The number of benzene rings is 1. The predicted molar refractivity (Wildman–Crippen MR) is 91.1 cm³/mol. The van der Waals surface area contributed by atoms with Gasteiger partial charge in [-0.2, -0.15) is 4.98 Å². The largest absolute Gasteiger partial charge is 0.496 e. The van der Waals surface area contributed by atoms with Gasteiger partial charge < -0.3 is 4.74 Å². The lowest BCUT2D eigenvalue weighted by Gasteiger charge is -2.10. The van der Waals surface area contributed by atoms with Crippen molar-refractivity contribution < 1.29 is 14.5 Å². The Balaban J connectivity index is 2.06. The quantitative estimate of drug-likeness (QED) is 0.293. The minimum atomic E-state index is 0.0565. The zero-order valence-corrected chi connectivity index (χ0v) is 14.4. The Kier molecular flexibility index (Phi) is 5.11. The number of nitrogens with zero attached hydrogens (tertiary/aromatic N) is 3. The average molecular weight is 366 g/mol. The van der Waals surface area contributed by atoms with Gasteiger partial charge in [0, 0.05) is 11.1 Å². The topological polar surface area (TPSA) is 66.4 Å². The average Bonchev–Trinajstić information content (AvgIpc) is 2.59. The third kappa shape index (κ3) is 3.42. The van der Waals surface area contributed by atoms with Crippen LogP contribution in [0.25, 0.3) is 22.3 Å². The van der Waals surface area contributed by atoms with Crippen molar-refractivity contribution in [2.75, 3.05) is 14.2 Å². The fourth-order valence-electron chi connectivity index (χ4n) is 2.28. The monoisotopic (exact) mass is 365 g/mol. The van der Waals surface area contributed by atoms with Crippen molar-refractivity contribution in [1.82, 2.24) is 15.0 Å². The molecule has 0 spiro atoms. The van der Waals surface area contributed by atoms with Crippen LogP contribution in [0.15, 0.2) is 30.3 Å². The summed E-state index contributed by atoms with van der Waals surface area (Å²) in [6.45, 7) is 0.251. The summed E-state index contributed by atoms with van der Waals surface area (Å²) < 4.78 is 5.32. The van der Waals surface area contributed by atoms with E-state index in [9.17, 15) is 0 Å². The summed E-state index contributed by atoms with van der Waals surface area (Å²) in [7, 11) is 3.05. The number of ether oxygens (including phenoxy) is 1. The van der Waals surface area contributed by atoms with Crippen LogP contribution in [0.2, 0.25) is 10.4 Å². The zero-order chi connectivity index (χ0) is 17.1. The smallest absolute Gasteiger partial charge is 0.225 e. The van der Waals surface area contributed by atoms with E-state index in [4.69, 9.17) is 32.8 Å². The molecule has 3 rings (SSSR count). The molecule has 0 N–H and O–H groups in total. The molecule has 3 aromatic rings. The molecule has 2 aromatic heterocycles. The van der Waals surface area contributed by atoms with Crippen molar-refractivity contribution in [3.05, 3.63) is 46.3 Å². The van der Waals surface area contributed by atoms with Gasteiger partial charge in [-0.05, 0) is 41.9 Å². The van der Waals surface area contributed by atoms with Crippen molar-refractivity contribution in [1.29, 1.82) is 0 Å². The Morgan fingerprint density at radius 2 is 1.83 bits per heavy atom. The van der Waals surface area contributed by atoms with Gasteiger partial charge in [-0.1, -0.05) is 11.6 Å². The first-order chi connectivity index (χ1) is 11.6. The van der Waals surface area contributed by atoms with Crippen LogP contribution in [-0.4, -0.2) is 29.2 Å². The van der Waals surface area contributed by atoms with Crippen molar-refractivity contribution in [2.24, 2.45) is 0 Å². The third-order valence-corrected chi connectivity index (χ3v) is 3.85. The fraction of sp³-hybridized carbons (Fsp3) is 0.188. The lowest BCUT2D eigenvalue weighted by molar-refractivity contribution is -0.282. The number of hydrogen-bond donors (Lipinski definition) is 0. The number of fused-ring (bicyclic) bond motifs is 1. The highest BCUT2D eigenvalue weighted by Gasteiger charge is 2.11. The molecular formula is C16H13Cl2N3O3. The Morgan fingerprint density at radius 3 is 2.58 bits per heavy atom. The van der Waals surface area contributed by atoms with E-state index in [1.807, 2.05) is 30.3 Å². The number of hydrogen-bond acceptors (Lipinski definition) is 6. The molecule has 2 heterocycles. The second-order valence-electron chi connectivity index (χ2n) is 4.81.